The first-order valence-corrected chi connectivity index (χ1v) is 9.99. The minimum atomic E-state index is -0.844. The summed E-state index contributed by atoms with van der Waals surface area (Å²) >= 11 is 11.9. The Morgan fingerprint density at radius 1 is 0.900 bits per heavy atom. The van der Waals surface area contributed by atoms with Gasteiger partial charge in [0.1, 0.15) is 5.57 Å². The molecule has 0 spiro atoms. The van der Waals surface area contributed by atoms with Gasteiger partial charge in [0.05, 0.1) is 28.9 Å². The standard InChI is InChI=1S/C21H17Cl2N3O4/c22-17-6-5-15(12-18(17)23)26-20(28)16(19(27)24-21(26)29)11-13-1-3-14(4-2-13)25-7-9-30-10-8-25/h1-6,11-12H,7-10H2,(H,24,27,29)/b16-11+. The van der Waals surface area contributed by atoms with Gasteiger partial charge in [-0.25, -0.2) is 9.69 Å². The van der Waals surface area contributed by atoms with Crippen molar-refractivity contribution in [1.82, 2.24) is 5.32 Å². The Labute approximate surface area is 182 Å². The third-order valence-corrected chi connectivity index (χ3v) is 5.58. The molecule has 2 aliphatic heterocycles. The van der Waals surface area contributed by atoms with Gasteiger partial charge in [-0.15, -0.1) is 0 Å². The van der Waals surface area contributed by atoms with Crippen LogP contribution in [-0.2, 0) is 14.3 Å². The third kappa shape index (κ3) is 4.05. The summed E-state index contributed by atoms with van der Waals surface area (Å²) in [6.07, 6.45) is 1.46. The maximum Gasteiger partial charge on any atom is 0.335 e. The first-order chi connectivity index (χ1) is 14.4. The number of morpholine rings is 1. The van der Waals surface area contributed by atoms with Crippen molar-refractivity contribution in [2.45, 2.75) is 0 Å². The van der Waals surface area contributed by atoms with E-state index in [2.05, 4.69) is 10.2 Å². The molecule has 7 nitrogen and oxygen atoms in total. The SMILES string of the molecule is O=C1NC(=O)N(c2ccc(Cl)c(Cl)c2)C(=O)/C1=C/c1ccc(N2CCOCC2)cc1. The molecule has 2 aromatic carbocycles. The normalized spacial score (nSPS) is 18.7. The van der Waals surface area contributed by atoms with E-state index in [4.69, 9.17) is 27.9 Å². The fraction of sp³-hybridized carbons (Fsp3) is 0.190. The first kappa shape index (κ1) is 20.4. The van der Waals surface area contributed by atoms with Gasteiger partial charge in [-0.05, 0) is 42.0 Å². The van der Waals surface area contributed by atoms with E-state index < -0.39 is 17.8 Å². The zero-order valence-corrected chi connectivity index (χ0v) is 17.2. The second-order valence-electron chi connectivity index (χ2n) is 6.75. The average molecular weight is 446 g/mol. The van der Waals surface area contributed by atoms with E-state index in [1.54, 1.807) is 0 Å². The van der Waals surface area contributed by atoms with E-state index in [1.165, 1.54) is 24.3 Å². The molecule has 0 saturated carbocycles. The monoisotopic (exact) mass is 445 g/mol. The zero-order valence-electron chi connectivity index (χ0n) is 15.7. The highest BCUT2D eigenvalue weighted by molar-refractivity contribution is 6.43. The Bertz CT molecular complexity index is 1050. The lowest BCUT2D eigenvalue weighted by Crippen LogP contribution is -2.54. The topological polar surface area (TPSA) is 79.0 Å². The molecule has 0 radical (unpaired) electrons. The third-order valence-electron chi connectivity index (χ3n) is 4.84. The predicted molar refractivity (Wildman–Crippen MR) is 115 cm³/mol. The van der Waals surface area contributed by atoms with Crippen LogP contribution in [0.25, 0.3) is 6.08 Å². The number of hydrogen-bond acceptors (Lipinski definition) is 5. The van der Waals surface area contributed by atoms with Crippen LogP contribution in [0.2, 0.25) is 10.0 Å². The zero-order chi connectivity index (χ0) is 21.3. The number of carbonyl (C=O) groups excluding carboxylic acids is 3. The lowest BCUT2D eigenvalue weighted by atomic mass is 10.1. The van der Waals surface area contributed by atoms with E-state index in [0.29, 0.717) is 18.8 Å². The van der Waals surface area contributed by atoms with E-state index in [9.17, 15) is 14.4 Å². The van der Waals surface area contributed by atoms with Gasteiger partial charge < -0.3 is 9.64 Å². The summed E-state index contributed by atoms with van der Waals surface area (Å²) in [6, 6.07) is 11.0. The molecule has 2 aliphatic rings. The van der Waals surface area contributed by atoms with Crippen LogP contribution in [0.5, 0.6) is 0 Å². The molecule has 0 atom stereocenters. The van der Waals surface area contributed by atoms with Gasteiger partial charge in [0.15, 0.2) is 0 Å². The average Bonchev–Trinajstić information content (AvgIpc) is 2.74. The van der Waals surface area contributed by atoms with Gasteiger partial charge in [-0.3, -0.25) is 14.9 Å². The van der Waals surface area contributed by atoms with Crippen LogP contribution < -0.4 is 15.1 Å². The Balaban J connectivity index is 1.61. The molecule has 0 bridgehead atoms. The van der Waals surface area contributed by atoms with Gasteiger partial charge in [0.25, 0.3) is 11.8 Å². The number of anilines is 2. The van der Waals surface area contributed by atoms with E-state index >= 15 is 0 Å². The fourth-order valence-corrected chi connectivity index (χ4v) is 3.58. The van der Waals surface area contributed by atoms with Gasteiger partial charge in [0, 0.05) is 18.8 Å². The van der Waals surface area contributed by atoms with Gasteiger partial charge in [0.2, 0.25) is 0 Å². The minimum Gasteiger partial charge on any atom is -0.378 e. The lowest BCUT2D eigenvalue weighted by molar-refractivity contribution is -0.122. The summed E-state index contributed by atoms with van der Waals surface area (Å²) in [4.78, 5) is 40.6. The molecular formula is C21H17Cl2N3O4. The van der Waals surface area contributed by atoms with Crippen molar-refractivity contribution >= 4 is 58.5 Å². The Morgan fingerprint density at radius 3 is 2.23 bits per heavy atom. The number of benzene rings is 2. The van der Waals surface area contributed by atoms with Crippen molar-refractivity contribution in [1.29, 1.82) is 0 Å². The van der Waals surface area contributed by atoms with Crippen molar-refractivity contribution in [3.8, 4) is 0 Å². The van der Waals surface area contributed by atoms with Crippen molar-refractivity contribution in [3.63, 3.8) is 0 Å². The van der Waals surface area contributed by atoms with Gasteiger partial charge in [-0.2, -0.15) is 0 Å². The molecule has 2 aromatic rings. The van der Waals surface area contributed by atoms with Crippen LogP contribution in [0.4, 0.5) is 16.2 Å². The number of carbonyl (C=O) groups is 3. The number of rotatable bonds is 3. The Morgan fingerprint density at radius 2 is 1.57 bits per heavy atom. The second-order valence-corrected chi connectivity index (χ2v) is 7.56. The maximum absolute atomic E-state index is 12.9. The van der Waals surface area contributed by atoms with Crippen LogP contribution in [0, 0.1) is 0 Å². The Hall–Kier alpha value is -2.87. The van der Waals surface area contributed by atoms with Gasteiger partial charge in [-0.1, -0.05) is 35.3 Å². The number of halogens is 2. The highest BCUT2D eigenvalue weighted by Crippen LogP contribution is 2.29. The lowest BCUT2D eigenvalue weighted by Gasteiger charge is -2.29. The largest absolute Gasteiger partial charge is 0.378 e. The number of nitrogens with one attached hydrogen (secondary N) is 1. The van der Waals surface area contributed by atoms with Crippen molar-refractivity contribution in [2.75, 3.05) is 36.1 Å². The predicted octanol–water partition coefficient (Wildman–Crippen LogP) is 3.50. The number of barbiturate groups is 1. The van der Waals surface area contributed by atoms with Gasteiger partial charge >= 0.3 is 6.03 Å². The molecular weight excluding hydrogens is 429 g/mol. The van der Waals surface area contributed by atoms with Crippen LogP contribution >= 0.6 is 23.2 Å². The summed E-state index contributed by atoms with van der Waals surface area (Å²) in [6.45, 7) is 2.97. The van der Waals surface area contributed by atoms with Crippen molar-refractivity contribution in [2.24, 2.45) is 0 Å². The van der Waals surface area contributed by atoms with Crippen LogP contribution in [0.15, 0.2) is 48.0 Å². The maximum atomic E-state index is 12.9. The molecule has 30 heavy (non-hydrogen) atoms. The summed E-state index contributed by atoms with van der Waals surface area (Å²) in [5.41, 5.74) is 1.76. The molecule has 2 fully saturated rings. The second kappa shape index (κ2) is 8.47. The number of urea groups is 1. The number of imide groups is 2. The van der Waals surface area contributed by atoms with E-state index in [-0.39, 0.29) is 21.3 Å². The molecule has 0 aromatic heterocycles. The van der Waals surface area contributed by atoms with Crippen molar-refractivity contribution < 1.29 is 19.1 Å². The van der Waals surface area contributed by atoms with E-state index in [0.717, 1.165) is 23.7 Å². The summed E-state index contributed by atoms with van der Waals surface area (Å²) < 4.78 is 5.36. The smallest absolute Gasteiger partial charge is 0.335 e. The quantitative estimate of drug-likeness (QED) is 0.577. The number of amides is 4. The molecule has 2 saturated heterocycles. The molecule has 4 amide bonds. The fourth-order valence-electron chi connectivity index (χ4n) is 3.29. The molecule has 0 unspecified atom stereocenters. The van der Waals surface area contributed by atoms with Crippen LogP contribution in [0.1, 0.15) is 5.56 Å². The summed E-state index contributed by atoms with van der Waals surface area (Å²) in [7, 11) is 0. The molecule has 4 rings (SSSR count). The number of hydrogen-bond donors (Lipinski definition) is 1. The molecule has 0 aliphatic carbocycles. The Kier molecular flexibility index (Phi) is 5.76. The number of ether oxygens (including phenoxy) is 1. The molecule has 9 heteroatoms. The first-order valence-electron chi connectivity index (χ1n) is 9.23. The number of nitrogens with zero attached hydrogens (tertiary/aromatic N) is 2. The molecule has 154 valence electrons. The summed E-state index contributed by atoms with van der Waals surface area (Å²) in [5.74, 6) is -1.49. The van der Waals surface area contributed by atoms with Crippen LogP contribution in [0.3, 0.4) is 0 Å². The highest BCUT2D eigenvalue weighted by Gasteiger charge is 2.37. The highest BCUT2D eigenvalue weighted by atomic mass is 35.5. The molecule has 1 N–H and O–H groups in total. The molecule has 2 heterocycles. The van der Waals surface area contributed by atoms with Crippen LogP contribution in [-0.4, -0.2) is 44.1 Å². The summed E-state index contributed by atoms with van der Waals surface area (Å²) in [5, 5.41) is 2.67. The minimum absolute atomic E-state index is 0.153. The van der Waals surface area contributed by atoms with E-state index in [1.807, 2.05) is 24.3 Å². The van der Waals surface area contributed by atoms with Crippen molar-refractivity contribution in [3.05, 3.63) is 63.6 Å².